The molecule has 0 amide bonds. The van der Waals surface area contributed by atoms with Gasteiger partial charge in [-0.15, -0.1) is 0 Å². The number of rotatable bonds is 6. The van der Waals surface area contributed by atoms with Crippen molar-refractivity contribution in [3.05, 3.63) is 29.2 Å². The number of nitrogens with zero attached hydrogens (tertiary/aromatic N) is 2. The molecule has 0 atom stereocenters. The molecule has 0 aromatic carbocycles. The number of hydrogen-bond donors (Lipinski definition) is 2. The van der Waals surface area contributed by atoms with Gasteiger partial charge in [0.1, 0.15) is 5.76 Å². The van der Waals surface area contributed by atoms with E-state index in [0.717, 1.165) is 56.2 Å². The SMILES string of the molecule is CCNC(=NCCCc1c(C)noc1C)NC1CC=CC1. The lowest BCUT2D eigenvalue weighted by Gasteiger charge is -2.16. The van der Waals surface area contributed by atoms with Crippen LogP contribution in [0.3, 0.4) is 0 Å². The Morgan fingerprint density at radius 1 is 1.38 bits per heavy atom. The fourth-order valence-corrected chi connectivity index (χ4v) is 2.55. The van der Waals surface area contributed by atoms with Gasteiger partial charge in [-0.1, -0.05) is 17.3 Å². The molecule has 1 aromatic rings. The van der Waals surface area contributed by atoms with Gasteiger partial charge < -0.3 is 15.2 Å². The van der Waals surface area contributed by atoms with Crippen LogP contribution in [0.4, 0.5) is 0 Å². The van der Waals surface area contributed by atoms with E-state index in [4.69, 9.17) is 4.52 Å². The predicted octanol–water partition coefficient (Wildman–Crippen LogP) is 2.50. The molecule has 0 radical (unpaired) electrons. The number of hydrogen-bond acceptors (Lipinski definition) is 3. The fraction of sp³-hybridized carbons (Fsp3) is 0.625. The van der Waals surface area contributed by atoms with Crippen LogP contribution in [0.25, 0.3) is 0 Å². The van der Waals surface area contributed by atoms with E-state index in [1.54, 1.807) is 0 Å². The third-order valence-corrected chi connectivity index (χ3v) is 3.73. The van der Waals surface area contributed by atoms with Crippen LogP contribution in [0.2, 0.25) is 0 Å². The molecule has 0 saturated carbocycles. The lowest BCUT2D eigenvalue weighted by molar-refractivity contribution is 0.392. The quantitative estimate of drug-likeness (QED) is 0.366. The maximum absolute atomic E-state index is 5.18. The Balaban J connectivity index is 1.79. The van der Waals surface area contributed by atoms with E-state index >= 15 is 0 Å². The summed E-state index contributed by atoms with van der Waals surface area (Å²) in [5.74, 6) is 1.85. The van der Waals surface area contributed by atoms with E-state index in [1.165, 1.54) is 5.56 Å². The molecule has 1 heterocycles. The van der Waals surface area contributed by atoms with Crippen molar-refractivity contribution in [3.8, 4) is 0 Å². The second-order valence-electron chi connectivity index (χ2n) is 5.45. The molecule has 0 aliphatic heterocycles. The zero-order valence-electron chi connectivity index (χ0n) is 13.3. The predicted molar refractivity (Wildman–Crippen MR) is 85.6 cm³/mol. The monoisotopic (exact) mass is 290 g/mol. The van der Waals surface area contributed by atoms with Crippen molar-refractivity contribution in [2.75, 3.05) is 13.1 Å². The Morgan fingerprint density at radius 2 is 2.14 bits per heavy atom. The average molecular weight is 290 g/mol. The number of nitrogens with one attached hydrogen (secondary N) is 2. The first kappa shape index (κ1) is 15.6. The van der Waals surface area contributed by atoms with Gasteiger partial charge >= 0.3 is 0 Å². The Hall–Kier alpha value is -1.78. The molecule has 0 fully saturated rings. The summed E-state index contributed by atoms with van der Waals surface area (Å²) in [7, 11) is 0. The maximum Gasteiger partial charge on any atom is 0.191 e. The van der Waals surface area contributed by atoms with Crippen LogP contribution < -0.4 is 10.6 Å². The standard InChI is InChI=1S/C16H26N4O/c1-4-17-16(19-14-8-5-6-9-14)18-11-7-10-15-12(2)20-21-13(15)3/h5-6,14H,4,7-11H2,1-3H3,(H2,17,18,19). The van der Waals surface area contributed by atoms with Gasteiger partial charge in [-0.05, 0) is 46.5 Å². The molecule has 0 saturated heterocycles. The van der Waals surface area contributed by atoms with Gasteiger partial charge in [-0.3, -0.25) is 4.99 Å². The van der Waals surface area contributed by atoms with Crippen LogP contribution in [-0.4, -0.2) is 30.2 Å². The Bertz CT molecular complexity index is 477. The summed E-state index contributed by atoms with van der Waals surface area (Å²) in [5, 5.41) is 10.8. The molecule has 0 unspecified atom stereocenters. The fourth-order valence-electron chi connectivity index (χ4n) is 2.55. The van der Waals surface area contributed by atoms with Gasteiger partial charge in [0.05, 0.1) is 5.69 Å². The largest absolute Gasteiger partial charge is 0.361 e. The molecule has 2 rings (SSSR count). The number of aromatic nitrogens is 1. The number of aliphatic imine (C=N–C) groups is 1. The van der Waals surface area contributed by atoms with Gasteiger partial charge in [-0.25, -0.2) is 0 Å². The zero-order valence-corrected chi connectivity index (χ0v) is 13.3. The minimum atomic E-state index is 0.491. The number of guanidine groups is 1. The van der Waals surface area contributed by atoms with Crippen LogP contribution in [0.5, 0.6) is 0 Å². The average Bonchev–Trinajstić information content (AvgIpc) is 3.07. The minimum Gasteiger partial charge on any atom is -0.361 e. The van der Waals surface area contributed by atoms with Crippen molar-refractivity contribution in [1.82, 2.24) is 15.8 Å². The highest BCUT2D eigenvalue weighted by Crippen LogP contribution is 2.14. The molecule has 0 bridgehead atoms. The first-order chi connectivity index (χ1) is 10.2. The summed E-state index contributed by atoms with van der Waals surface area (Å²) in [6, 6.07) is 0.491. The Kier molecular flexibility index (Phi) is 5.84. The van der Waals surface area contributed by atoms with Crippen LogP contribution in [0, 0.1) is 13.8 Å². The second-order valence-corrected chi connectivity index (χ2v) is 5.45. The molecule has 5 nitrogen and oxygen atoms in total. The molecule has 1 aromatic heterocycles. The third kappa shape index (κ3) is 4.62. The van der Waals surface area contributed by atoms with Gasteiger partial charge in [0.25, 0.3) is 0 Å². The maximum atomic E-state index is 5.18. The Labute approximate surface area is 126 Å². The molecular formula is C16H26N4O. The summed E-state index contributed by atoms with van der Waals surface area (Å²) in [4.78, 5) is 4.65. The lowest BCUT2D eigenvalue weighted by atomic mass is 10.1. The molecule has 2 N–H and O–H groups in total. The molecular weight excluding hydrogens is 264 g/mol. The van der Waals surface area contributed by atoms with Crippen molar-refractivity contribution in [2.45, 2.75) is 52.5 Å². The second kappa shape index (κ2) is 7.86. The van der Waals surface area contributed by atoms with Crippen LogP contribution >= 0.6 is 0 Å². The summed E-state index contributed by atoms with van der Waals surface area (Å²) in [6.45, 7) is 7.74. The van der Waals surface area contributed by atoms with Crippen molar-refractivity contribution < 1.29 is 4.52 Å². The van der Waals surface area contributed by atoms with Gasteiger partial charge in [0.2, 0.25) is 0 Å². The van der Waals surface area contributed by atoms with Gasteiger partial charge in [-0.2, -0.15) is 0 Å². The van der Waals surface area contributed by atoms with E-state index in [0.29, 0.717) is 6.04 Å². The van der Waals surface area contributed by atoms with Crippen LogP contribution in [0.1, 0.15) is 43.2 Å². The molecule has 5 heteroatoms. The van der Waals surface area contributed by atoms with E-state index < -0.39 is 0 Å². The van der Waals surface area contributed by atoms with Crippen molar-refractivity contribution >= 4 is 5.96 Å². The zero-order chi connectivity index (χ0) is 15.1. The van der Waals surface area contributed by atoms with Crippen LogP contribution in [-0.2, 0) is 6.42 Å². The first-order valence-corrected chi connectivity index (χ1v) is 7.82. The van der Waals surface area contributed by atoms with E-state index in [-0.39, 0.29) is 0 Å². The van der Waals surface area contributed by atoms with Crippen molar-refractivity contribution in [1.29, 1.82) is 0 Å². The highest BCUT2D eigenvalue weighted by Gasteiger charge is 2.11. The number of aryl methyl sites for hydroxylation is 2. The normalized spacial score (nSPS) is 15.7. The summed E-state index contributed by atoms with van der Waals surface area (Å²) in [6.07, 6.45) is 8.59. The Morgan fingerprint density at radius 3 is 2.76 bits per heavy atom. The highest BCUT2D eigenvalue weighted by atomic mass is 16.5. The molecule has 116 valence electrons. The summed E-state index contributed by atoms with van der Waals surface area (Å²) in [5.41, 5.74) is 2.22. The van der Waals surface area contributed by atoms with Crippen molar-refractivity contribution in [3.63, 3.8) is 0 Å². The smallest absolute Gasteiger partial charge is 0.191 e. The van der Waals surface area contributed by atoms with Gasteiger partial charge in [0, 0.05) is 24.7 Å². The third-order valence-electron chi connectivity index (χ3n) is 3.73. The van der Waals surface area contributed by atoms with E-state index in [1.807, 2.05) is 13.8 Å². The molecule has 21 heavy (non-hydrogen) atoms. The lowest BCUT2D eigenvalue weighted by Crippen LogP contribution is -2.42. The molecule has 0 spiro atoms. The van der Waals surface area contributed by atoms with Crippen LogP contribution in [0.15, 0.2) is 21.7 Å². The van der Waals surface area contributed by atoms with E-state index in [2.05, 4.69) is 39.9 Å². The first-order valence-electron chi connectivity index (χ1n) is 7.82. The summed E-state index contributed by atoms with van der Waals surface area (Å²) >= 11 is 0. The topological polar surface area (TPSA) is 62.5 Å². The van der Waals surface area contributed by atoms with Crippen molar-refractivity contribution in [2.24, 2.45) is 4.99 Å². The highest BCUT2D eigenvalue weighted by molar-refractivity contribution is 5.80. The molecule has 1 aliphatic carbocycles. The van der Waals surface area contributed by atoms with Gasteiger partial charge in [0.15, 0.2) is 5.96 Å². The minimum absolute atomic E-state index is 0.491. The molecule has 1 aliphatic rings. The van der Waals surface area contributed by atoms with E-state index in [9.17, 15) is 0 Å². The summed E-state index contributed by atoms with van der Waals surface area (Å²) < 4.78 is 5.18.